The van der Waals surface area contributed by atoms with Crippen molar-refractivity contribution < 1.29 is 27.5 Å². The van der Waals surface area contributed by atoms with Gasteiger partial charge in [-0.2, -0.15) is 13.2 Å². The van der Waals surface area contributed by atoms with E-state index in [-0.39, 0.29) is 17.1 Å². The van der Waals surface area contributed by atoms with Gasteiger partial charge in [0, 0.05) is 12.7 Å². The lowest BCUT2D eigenvalue weighted by atomic mass is 10.1. The Morgan fingerprint density at radius 2 is 1.88 bits per heavy atom. The van der Waals surface area contributed by atoms with Crippen LogP contribution in [0.4, 0.5) is 13.2 Å². The number of thioether (sulfide) groups is 1. The van der Waals surface area contributed by atoms with Gasteiger partial charge in [-0.1, -0.05) is 23.9 Å². The SMILES string of the molecule is COC(=O)c1ccc(CNC(=O)c2cccnc2SCC(F)(F)F)cc1. The monoisotopic (exact) mass is 384 g/mol. The van der Waals surface area contributed by atoms with Crippen LogP contribution in [0.3, 0.4) is 0 Å². The number of hydrogen-bond donors (Lipinski definition) is 1. The minimum Gasteiger partial charge on any atom is -0.465 e. The smallest absolute Gasteiger partial charge is 0.398 e. The number of methoxy groups -OCH3 is 1. The largest absolute Gasteiger partial charge is 0.465 e. The number of rotatable bonds is 6. The summed E-state index contributed by atoms with van der Waals surface area (Å²) in [5.41, 5.74) is 1.17. The molecule has 0 radical (unpaired) electrons. The van der Waals surface area contributed by atoms with Crippen molar-refractivity contribution in [3.05, 3.63) is 59.3 Å². The first-order valence-electron chi connectivity index (χ1n) is 7.40. The van der Waals surface area contributed by atoms with Crippen molar-refractivity contribution in [1.82, 2.24) is 10.3 Å². The van der Waals surface area contributed by atoms with E-state index in [0.717, 1.165) is 5.56 Å². The molecule has 5 nitrogen and oxygen atoms in total. The molecule has 0 bridgehead atoms. The second-order valence-electron chi connectivity index (χ2n) is 5.13. The van der Waals surface area contributed by atoms with Crippen LogP contribution < -0.4 is 5.32 Å². The predicted molar refractivity (Wildman–Crippen MR) is 90.0 cm³/mol. The Morgan fingerprint density at radius 3 is 2.50 bits per heavy atom. The van der Waals surface area contributed by atoms with E-state index >= 15 is 0 Å². The third-order valence-electron chi connectivity index (χ3n) is 3.22. The van der Waals surface area contributed by atoms with Crippen molar-refractivity contribution in [2.24, 2.45) is 0 Å². The summed E-state index contributed by atoms with van der Waals surface area (Å²) in [4.78, 5) is 27.5. The molecule has 2 aromatic rings. The van der Waals surface area contributed by atoms with Crippen molar-refractivity contribution in [1.29, 1.82) is 0 Å². The van der Waals surface area contributed by atoms with Crippen molar-refractivity contribution in [2.75, 3.05) is 12.9 Å². The van der Waals surface area contributed by atoms with Crippen LogP contribution >= 0.6 is 11.8 Å². The van der Waals surface area contributed by atoms with Gasteiger partial charge in [0.2, 0.25) is 0 Å². The molecule has 9 heteroatoms. The van der Waals surface area contributed by atoms with Gasteiger partial charge in [0.1, 0.15) is 5.03 Å². The number of alkyl halides is 3. The molecule has 138 valence electrons. The Kier molecular flexibility index (Phi) is 6.62. The molecular formula is C17H15F3N2O3S. The van der Waals surface area contributed by atoms with Crippen LogP contribution in [-0.2, 0) is 11.3 Å². The molecule has 0 aliphatic carbocycles. The number of carbonyl (C=O) groups is 2. The van der Waals surface area contributed by atoms with Crippen LogP contribution in [0.1, 0.15) is 26.3 Å². The molecule has 2 rings (SSSR count). The number of halogens is 3. The lowest BCUT2D eigenvalue weighted by Crippen LogP contribution is -2.24. The van der Waals surface area contributed by atoms with E-state index in [1.54, 1.807) is 24.3 Å². The lowest BCUT2D eigenvalue weighted by Gasteiger charge is -2.10. The third-order valence-corrected chi connectivity index (χ3v) is 4.29. The summed E-state index contributed by atoms with van der Waals surface area (Å²) in [6.45, 7) is 0.151. The Labute approximate surface area is 152 Å². The molecule has 1 heterocycles. The molecule has 26 heavy (non-hydrogen) atoms. The van der Waals surface area contributed by atoms with Crippen LogP contribution in [0.25, 0.3) is 0 Å². The molecule has 0 spiro atoms. The van der Waals surface area contributed by atoms with Gasteiger partial charge in [-0.25, -0.2) is 9.78 Å². The summed E-state index contributed by atoms with van der Waals surface area (Å²) < 4.78 is 41.7. The summed E-state index contributed by atoms with van der Waals surface area (Å²) in [5.74, 6) is -2.12. The second-order valence-corrected chi connectivity index (χ2v) is 6.10. The third kappa shape index (κ3) is 5.76. The average Bonchev–Trinajstić information content (AvgIpc) is 2.64. The molecule has 0 aliphatic heterocycles. The predicted octanol–water partition coefficient (Wildman–Crippen LogP) is 3.45. The molecule has 1 N–H and O–H groups in total. The second kappa shape index (κ2) is 8.70. The minimum absolute atomic E-state index is 0.0170. The highest BCUT2D eigenvalue weighted by molar-refractivity contribution is 7.99. The number of nitrogens with one attached hydrogen (secondary N) is 1. The molecule has 0 fully saturated rings. The number of hydrogen-bond acceptors (Lipinski definition) is 5. The van der Waals surface area contributed by atoms with E-state index in [0.29, 0.717) is 17.3 Å². The zero-order valence-corrected chi connectivity index (χ0v) is 14.5. The highest BCUT2D eigenvalue weighted by atomic mass is 32.2. The minimum atomic E-state index is -4.35. The van der Waals surface area contributed by atoms with Gasteiger partial charge in [0.05, 0.1) is 24.0 Å². The van der Waals surface area contributed by atoms with Gasteiger partial charge in [-0.05, 0) is 29.8 Å². The number of pyridine rings is 1. The Balaban J connectivity index is 2.01. The first kappa shape index (κ1) is 19.8. The molecule has 0 saturated carbocycles. The summed E-state index contributed by atoms with van der Waals surface area (Å²) in [5, 5.41) is 2.64. The molecule has 1 aromatic heterocycles. The number of esters is 1. The lowest BCUT2D eigenvalue weighted by molar-refractivity contribution is -0.105. The molecule has 0 atom stereocenters. The van der Waals surface area contributed by atoms with Crippen molar-refractivity contribution >= 4 is 23.6 Å². The molecule has 0 aliphatic rings. The number of aromatic nitrogens is 1. The van der Waals surface area contributed by atoms with Gasteiger partial charge < -0.3 is 10.1 Å². The van der Waals surface area contributed by atoms with Gasteiger partial charge in [0.15, 0.2) is 0 Å². The van der Waals surface area contributed by atoms with Crippen LogP contribution in [0.2, 0.25) is 0 Å². The van der Waals surface area contributed by atoms with Crippen LogP contribution in [0.5, 0.6) is 0 Å². The van der Waals surface area contributed by atoms with Crippen LogP contribution in [0, 0.1) is 0 Å². The zero-order chi connectivity index (χ0) is 19.2. The topological polar surface area (TPSA) is 68.3 Å². The summed E-state index contributed by atoms with van der Waals surface area (Å²) in [7, 11) is 1.28. The highest BCUT2D eigenvalue weighted by Gasteiger charge is 2.28. The highest BCUT2D eigenvalue weighted by Crippen LogP contribution is 2.28. The fraction of sp³-hybridized carbons (Fsp3) is 0.235. The van der Waals surface area contributed by atoms with E-state index in [4.69, 9.17) is 0 Å². The number of nitrogens with zero attached hydrogens (tertiary/aromatic N) is 1. The molecule has 1 aromatic carbocycles. The first-order valence-corrected chi connectivity index (χ1v) is 8.39. The van der Waals surface area contributed by atoms with E-state index in [1.165, 1.54) is 25.4 Å². The maximum absolute atomic E-state index is 12.4. The Bertz CT molecular complexity index is 780. The number of ether oxygens (including phenoxy) is 1. The van der Waals surface area contributed by atoms with E-state index in [1.807, 2.05) is 0 Å². The van der Waals surface area contributed by atoms with E-state index < -0.39 is 23.8 Å². The quantitative estimate of drug-likeness (QED) is 0.610. The van der Waals surface area contributed by atoms with Gasteiger partial charge in [0.25, 0.3) is 5.91 Å². The first-order chi connectivity index (χ1) is 12.3. The van der Waals surface area contributed by atoms with Crippen molar-refractivity contribution in [3.63, 3.8) is 0 Å². The molecule has 1 amide bonds. The molecular weight excluding hydrogens is 369 g/mol. The Morgan fingerprint density at radius 1 is 1.19 bits per heavy atom. The number of carbonyl (C=O) groups excluding carboxylic acids is 2. The molecule has 0 saturated heterocycles. The van der Waals surface area contributed by atoms with Gasteiger partial charge in [-0.15, -0.1) is 0 Å². The van der Waals surface area contributed by atoms with E-state index in [9.17, 15) is 22.8 Å². The number of benzene rings is 1. The maximum Gasteiger partial charge on any atom is 0.398 e. The van der Waals surface area contributed by atoms with Crippen molar-refractivity contribution in [3.8, 4) is 0 Å². The standard InChI is InChI=1S/C17H15F3N2O3S/c1-25-16(24)12-6-4-11(5-7-12)9-22-14(23)13-3-2-8-21-15(13)26-10-17(18,19)20/h2-8H,9-10H2,1H3,(H,22,23). The average molecular weight is 384 g/mol. The maximum atomic E-state index is 12.4. The number of amides is 1. The summed E-state index contributed by atoms with van der Waals surface area (Å²) in [6, 6.07) is 9.31. The fourth-order valence-electron chi connectivity index (χ4n) is 1.98. The fourth-order valence-corrected chi connectivity index (χ4v) is 2.73. The molecule has 0 unspecified atom stereocenters. The summed E-state index contributed by atoms with van der Waals surface area (Å²) in [6.07, 6.45) is -3.02. The van der Waals surface area contributed by atoms with E-state index in [2.05, 4.69) is 15.0 Å². The zero-order valence-electron chi connectivity index (χ0n) is 13.7. The Hall–Kier alpha value is -2.55. The van der Waals surface area contributed by atoms with Crippen LogP contribution in [0.15, 0.2) is 47.6 Å². The summed E-state index contributed by atoms with van der Waals surface area (Å²) >= 11 is 0.463. The van der Waals surface area contributed by atoms with Crippen LogP contribution in [-0.4, -0.2) is 35.9 Å². The van der Waals surface area contributed by atoms with Crippen molar-refractivity contribution in [2.45, 2.75) is 17.7 Å². The normalized spacial score (nSPS) is 11.1. The van der Waals surface area contributed by atoms with Gasteiger partial charge >= 0.3 is 12.1 Å². The van der Waals surface area contributed by atoms with Gasteiger partial charge in [-0.3, -0.25) is 4.79 Å².